The van der Waals surface area contributed by atoms with Crippen molar-refractivity contribution in [2.45, 2.75) is 32.4 Å². The van der Waals surface area contributed by atoms with Crippen LogP contribution in [-0.2, 0) is 0 Å². The third-order valence-electron chi connectivity index (χ3n) is 3.85. The molecule has 1 fully saturated rings. The summed E-state index contributed by atoms with van der Waals surface area (Å²) >= 11 is 0. The van der Waals surface area contributed by atoms with Crippen molar-refractivity contribution in [1.82, 2.24) is 4.90 Å². The first-order valence-corrected chi connectivity index (χ1v) is 6.94. The van der Waals surface area contributed by atoms with Gasteiger partial charge in [-0.15, -0.1) is 0 Å². The van der Waals surface area contributed by atoms with Crippen molar-refractivity contribution in [3.63, 3.8) is 0 Å². The second-order valence-corrected chi connectivity index (χ2v) is 5.57. The minimum atomic E-state index is -0.250. The zero-order valence-corrected chi connectivity index (χ0v) is 11.7. The quantitative estimate of drug-likeness (QED) is 0.888. The number of benzene rings is 1. The van der Waals surface area contributed by atoms with Crippen LogP contribution in [0.4, 0.5) is 4.39 Å². The minimum Gasteiger partial charge on any atom is -0.492 e. The van der Waals surface area contributed by atoms with Gasteiger partial charge in [-0.05, 0) is 57.0 Å². The topological polar surface area (TPSA) is 38.5 Å². The Morgan fingerprint density at radius 1 is 1.37 bits per heavy atom. The molecule has 0 aliphatic carbocycles. The predicted molar refractivity (Wildman–Crippen MR) is 74.7 cm³/mol. The Labute approximate surface area is 114 Å². The van der Waals surface area contributed by atoms with Gasteiger partial charge in [0.05, 0.1) is 0 Å². The summed E-state index contributed by atoms with van der Waals surface area (Å²) in [4.78, 5) is 2.45. The van der Waals surface area contributed by atoms with Crippen LogP contribution in [-0.4, -0.2) is 36.7 Å². The highest BCUT2D eigenvalue weighted by Crippen LogP contribution is 2.21. The zero-order valence-electron chi connectivity index (χ0n) is 11.7. The molecule has 0 radical (unpaired) electrons. The minimum absolute atomic E-state index is 0.0359. The SMILES string of the molecule is CC(C)N1CCC(C(N)COc2ccc(F)cc2)C1. The maximum absolute atomic E-state index is 12.8. The lowest BCUT2D eigenvalue weighted by Crippen LogP contribution is -2.38. The molecular formula is C15H23FN2O. The third kappa shape index (κ3) is 3.91. The number of ether oxygens (including phenoxy) is 1. The molecule has 0 bridgehead atoms. The lowest BCUT2D eigenvalue weighted by atomic mass is 10.0. The van der Waals surface area contributed by atoms with E-state index >= 15 is 0 Å². The van der Waals surface area contributed by atoms with Crippen molar-refractivity contribution < 1.29 is 9.13 Å². The smallest absolute Gasteiger partial charge is 0.123 e. The maximum Gasteiger partial charge on any atom is 0.123 e. The summed E-state index contributed by atoms with van der Waals surface area (Å²) in [7, 11) is 0. The molecule has 4 heteroatoms. The van der Waals surface area contributed by atoms with Gasteiger partial charge in [-0.25, -0.2) is 4.39 Å². The number of rotatable bonds is 5. The molecule has 2 N–H and O–H groups in total. The Hall–Kier alpha value is -1.13. The van der Waals surface area contributed by atoms with Gasteiger partial charge in [0, 0.05) is 18.6 Å². The summed E-state index contributed by atoms with van der Waals surface area (Å²) in [6.45, 7) is 7.08. The Balaban J connectivity index is 1.78. The zero-order chi connectivity index (χ0) is 13.8. The number of nitrogens with zero attached hydrogens (tertiary/aromatic N) is 1. The van der Waals surface area contributed by atoms with Crippen LogP contribution in [0.2, 0.25) is 0 Å². The molecule has 2 rings (SSSR count). The molecular weight excluding hydrogens is 243 g/mol. The van der Waals surface area contributed by atoms with Crippen LogP contribution in [0, 0.1) is 11.7 Å². The first kappa shape index (κ1) is 14.3. The van der Waals surface area contributed by atoms with E-state index in [4.69, 9.17) is 10.5 Å². The Bertz CT molecular complexity index is 394. The first-order chi connectivity index (χ1) is 9.06. The molecule has 3 nitrogen and oxygen atoms in total. The molecule has 0 saturated carbocycles. The van der Waals surface area contributed by atoms with Gasteiger partial charge in [0.1, 0.15) is 18.2 Å². The highest BCUT2D eigenvalue weighted by atomic mass is 19.1. The lowest BCUT2D eigenvalue weighted by Gasteiger charge is -2.23. The van der Waals surface area contributed by atoms with E-state index in [0.29, 0.717) is 24.3 Å². The van der Waals surface area contributed by atoms with Crippen LogP contribution < -0.4 is 10.5 Å². The molecule has 1 aromatic carbocycles. The standard InChI is InChI=1S/C15H23FN2O/c1-11(2)18-8-7-12(9-18)15(17)10-19-14-5-3-13(16)4-6-14/h3-6,11-12,15H,7-10,17H2,1-2H3. The fraction of sp³-hybridized carbons (Fsp3) is 0.600. The van der Waals surface area contributed by atoms with E-state index < -0.39 is 0 Å². The summed E-state index contributed by atoms with van der Waals surface area (Å²) in [5.41, 5.74) is 6.19. The first-order valence-electron chi connectivity index (χ1n) is 6.94. The average Bonchev–Trinajstić information content (AvgIpc) is 2.87. The van der Waals surface area contributed by atoms with Gasteiger partial charge >= 0.3 is 0 Å². The molecule has 0 spiro atoms. The van der Waals surface area contributed by atoms with Crippen LogP contribution in [0.5, 0.6) is 5.75 Å². The Kier molecular flexibility index (Phi) is 4.77. The van der Waals surface area contributed by atoms with Crippen molar-refractivity contribution in [2.75, 3.05) is 19.7 Å². The van der Waals surface area contributed by atoms with Crippen molar-refractivity contribution in [2.24, 2.45) is 11.7 Å². The largest absolute Gasteiger partial charge is 0.492 e. The summed E-state index contributed by atoms with van der Waals surface area (Å²) in [6.07, 6.45) is 1.13. The van der Waals surface area contributed by atoms with Crippen molar-refractivity contribution in [1.29, 1.82) is 0 Å². The lowest BCUT2D eigenvalue weighted by molar-refractivity contribution is 0.225. The van der Waals surface area contributed by atoms with Gasteiger partial charge in [0.25, 0.3) is 0 Å². The highest BCUT2D eigenvalue weighted by molar-refractivity contribution is 5.22. The summed E-state index contributed by atoms with van der Waals surface area (Å²) in [6, 6.07) is 6.69. The summed E-state index contributed by atoms with van der Waals surface area (Å²) < 4.78 is 18.4. The van der Waals surface area contributed by atoms with Crippen LogP contribution in [0.1, 0.15) is 20.3 Å². The molecule has 0 aromatic heterocycles. The van der Waals surface area contributed by atoms with Crippen molar-refractivity contribution in [3.05, 3.63) is 30.1 Å². The monoisotopic (exact) mass is 266 g/mol. The van der Waals surface area contributed by atoms with Gasteiger partial charge in [-0.2, -0.15) is 0 Å². The molecule has 1 aromatic rings. The van der Waals surface area contributed by atoms with E-state index in [0.717, 1.165) is 19.5 Å². The molecule has 1 aliphatic rings. The van der Waals surface area contributed by atoms with Gasteiger partial charge in [-0.3, -0.25) is 0 Å². The summed E-state index contributed by atoms with van der Waals surface area (Å²) in [5.74, 6) is 0.915. The molecule has 1 saturated heterocycles. The van der Waals surface area contributed by atoms with Crippen LogP contribution in [0.3, 0.4) is 0 Å². The number of likely N-dealkylation sites (tertiary alicyclic amines) is 1. The van der Waals surface area contributed by atoms with Crippen LogP contribution >= 0.6 is 0 Å². The van der Waals surface area contributed by atoms with Gasteiger partial charge in [-0.1, -0.05) is 0 Å². The molecule has 1 aliphatic heterocycles. The predicted octanol–water partition coefficient (Wildman–Crippen LogP) is 2.26. The number of halogens is 1. The number of hydrogen-bond donors (Lipinski definition) is 1. The maximum atomic E-state index is 12.8. The molecule has 2 unspecified atom stereocenters. The van der Waals surface area contributed by atoms with E-state index in [9.17, 15) is 4.39 Å². The van der Waals surface area contributed by atoms with Gasteiger partial charge in [0.2, 0.25) is 0 Å². The van der Waals surface area contributed by atoms with Gasteiger partial charge < -0.3 is 15.4 Å². The van der Waals surface area contributed by atoms with Crippen molar-refractivity contribution in [3.8, 4) is 5.75 Å². The third-order valence-corrected chi connectivity index (χ3v) is 3.85. The van der Waals surface area contributed by atoms with E-state index in [2.05, 4.69) is 18.7 Å². The fourth-order valence-corrected chi connectivity index (χ4v) is 2.49. The van der Waals surface area contributed by atoms with Crippen LogP contribution in [0.25, 0.3) is 0 Å². The van der Waals surface area contributed by atoms with Crippen LogP contribution in [0.15, 0.2) is 24.3 Å². The molecule has 19 heavy (non-hydrogen) atoms. The normalized spacial score (nSPS) is 21.8. The fourth-order valence-electron chi connectivity index (χ4n) is 2.49. The van der Waals surface area contributed by atoms with E-state index in [-0.39, 0.29) is 11.9 Å². The second kappa shape index (κ2) is 6.35. The summed E-state index contributed by atoms with van der Waals surface area (Å²) in [5, 5.41) is 0. The van der Waals surface area contributed by atoms with Gasteiger partial charge in [0.15, 0.2) is 0 Å². The van der Waals surface area contributed by atoms with Crippen molar-refractivity contribution >= 4 is 0 Å². The average molecular weight is 266 g/mol. The molecule has 1 heterocycles. The molecule has 2 atom stereocenters. The molecule has 0 amide bonds. The Morgan fingerprint density at radius 2 is 2.05 bits per heavy atom. The van der Waals surface area contributed by atoms with E-state index in [1.54, 1.807) is 12.1 Å². The molecule has 106 valence electrons. The second-order valence-electron chi connectivity index (χ2n) is 5.57. The Morgan fingerprint density at radius 3 is 2.63 bits per heavy atom. The number of hydrogen-bond acceptors (Lipinski definition) is 3. The van der Waals surface area contributed by atoms with E-state index in [1.807, 2.05) is 0 Å². The van der Waals surface area contributed by atoms with E-state index in [1.165, 1.54) is 12.1 Å². The highest BCUT2D eigenvalue weighted by Gasteiger charge is 2.28. The number of nitrogens with two attached hydrogens (primary N) is 1.